The van der Waals surface area contributed by atoms with Crippen LogP contribution in [0.2, 0.25) is 0 Å². The van der Waals surface area contributed by atoms with Crippen LogP contribution in [0.15, 0.2) is 67.1 Å². The Hall–Kier alpha value is -3.81. The van der Waals surface area contributed by atoms with Gasteiger partial charge in [-0.3, -0.25) is 9.78 Å². The van der Waals surface area contributed by atoms with Gasteiger partial charge >= 0.3 is 0 Å². The van der Waals surface area contributed by atoms with Crippen LogP contribution in [0.25, 0.3) is 5.65 Å². The predicted octanol–water partition coefficient (Wildman–Crippen LogP) is 3.32. The Bertz CT molecular complexity index is 1260. The zero-order valence-electron chi connectivity index (χ0n) is 16.9. The number of benzene rings is 1. The number of carbonyl (C=O) groups is 1. The van der Waals surface area contributed by atoms with E-state index in [1.165, 1.54) is 6.07 Å². The van der Waals surface area contributed by atoms with E-state index in [0.717, 1.165) is 22.6 Å². The van der Waals surface area contributed by atoms with E-state index in [2.05, 4.69) is 25.3 Å². The van der Waals surface area contributed by atoms with Crippen molar-refractivity contribution in [2.75, 3.05) is 11.4 Å². The molecule has 1 saturated heterocycles. The van der Waals surface area contributed by atoms with Gasteiger partial charge in [0.1, 0.15) is 17.3 Å². The van der Waals surface area contributed by atoms with Crippen molar-refractivity contribution in [2.24, 2.45) is 0 Å². The minimum Gasteiger partial charge on any atom is -0.346 e. The first-order valence-electron chi connectivity index (χ1n) is 10.1. The van der Waals surface area contributed by atoms with Crippen LogP contribution in [0.4, 0.5) is 10.2 Å². The fraction of sp³-hybridized carbons (Fsp3) is 0.217. The van der Waals surface area contributed by atoms with Crippen LogP contribution >= 0.6 is 0 Å². The molecule has 1 N–H and O–H groups in total. The van der Waals surface area contributed by atoms with Crippen LogP contribution in [0.5, 0.6) is 0 Å². The number of anilines is 1. The van der Waals surface area contributed by atoms with E-state index < -0.39 is 0 Å². The number of imidazole rings is 1. The van der Waals surface area contributed by atoms with Gasteiger partial charge in [0.15, 0.2) is 5.65 Å². The number of rotatable bonds is 4. The molecule has 1 fully saturated rings. The number of aryl methyl sites for hydroxylation is 1. The molecular weight excluding hydrogens is 395 g/mol. The second kappa shape index (κ2) is 7.79. The van der Waals surface area contributed by atoms with Gasteiger partial charge in [0, 0.05) is 31.2 Å². The van der Waals surface area contributed by atoms with Crippen LogP contribution in [0.1, 0.15) is 34.1 Å². The lowest BCUT2D eigenvalue weighted by Crippen LogP contribution is -2.38. The van der Waals surface area contributed by atoms with E-state index in [-0.39, 0.29) is 23.8 Å². The van der Waals surface area contributed by atoms with Gasteiger partial charge in [0.2, 0.25) is 0 Å². The molecule has 0 unspecified atom stereocenters. The Morgan fingerprint density at radius 2 is 2.03 bits per heavy atom. The maximum absolute atomic E-state index is 14.0. The normalized spacial score (nSPS) is 18.5. The highest BCUT2D eigenvalue weighted by atomic mass is 19.1. The molecule has 5 rings (SSSR count). The second-order valence-corrected chi connectivity index (χ2v) is 7.72. The minimum absolute atomic E-state index is 0.126. The molecule has 0 spiro atoms. The number of carbonyl (C=O) groups excluding carboxylic acids is 1. The van der Waals surface area contributed by atoms with Crippen molar-refractivity contribution in [3.8, 4) is 0 Å². The number of hydrogen-bond acceptors (Lipinski definition) is 5. The maximum Gasteiger partial charge on any atom is 0.270 e. The van der Waals surface area contributed by atoms with Crippen LogP contribution in [0, 0.1) is 12.7 Å². The van der Waals surface area contributed by atoms with Gasteiger partial charge in [-0.25, -0.2) is 13.9 Å². The monoisotopic (exact) mass is 416 g/mol. The maximum atomic E-state index is 14.0. The van der Waals surface area contributed by atoms with Crippen LogP contribution in [0.3, 0.4) is 0 Å². The number of amides is 1. The summed E-state index contributed by atoms with van der Waals surface area (Å²) in [6.45, 7) is 2.41. The highest BCUT2D eigenvalue weighted by molar-refractivity contribution is 5.93. The Balaban J connectivity index is 1.45. The van der Waals surface area contributed by atoms with E-state index in [0.29, 0.717) is 18.7 Å². The molecule has 1 aliphatic heterocycles. The van der Waals surface area contributed by atoms with Gasteiger partial charge < -0.3 is 10.2 Å². The lowest BCUT2D eigenvalue weighted by Gasteiger charge is -2.25. The molecular formula is C23H21FN6O. The van der Waals surface area contributed by atoms with Crippen LogP contribution < -0.4 is 10.2 Å². The number of fused-ring (bicyclic) bond motifs is 1. The molecule has 2 atom stereocenters. The number of aromatic nitrogens is 4. The molecule has 1 aliphatic rings. The fourth-order valence-corrected chi connectivity index (χ4v) is 4.16. The highest BCUT2D eigenvalue weighted by Gasteiger charge is 2.35. The van der Waals surface area contributed by atoms with Crippen molar-refractivity contribution >= 4 is 17.4 Å². The Morgan fingerprint density at radius 3 is 2.87 bits per heavy atom. The average molecular weight is 416 g/mol. The largest absolute Gasteiger partial charge is 0.346 e. The van der Waals surface area contributed by atoms with E-state index in [1.807, 2.05) is 31.2 Å². The molecule has 0 radical (unpaired) electrons. The number of hydrogen-bond donors (Lipinski definition) is 1. The van der Waals surface area contributed by atoms with E-state index >= 15 is 0 Å². The molecule has 8 heteroatoms. The Morgan fingerprint density at radius 1 is 1.13 bits per heavy atom. The summed E-state index contributed by atoms with van der Waals surface area (Å²) in [5.74, 6) is 0.249. The molecule has 4 heterocycles. The summed E-state index contributed by atoms with van der Waals surface area (Å²) >= 11 is 0. The quantitative estimate of drug-likeness (QED) is 0.552. The third-order valence-electron chi connectivity index (χ3n) is 5.63. The van der Waals surface area contributed by atoms with E-state index in [1.54, 1.807) is 41.3 Å². The average Bonchev–Trinajstić information content (AvgIpc) is 3.40. The smallest absolute Gasteiger partial charge is 0.270 e. The first-order chi connectivity index (χ1) is 15.1. The van der Waals surface area contributed by atoms with Crippen LogP contribution in [-0.4, -0.2) is 38.1 Å². The molecule has 31 heavy (non-hydrogen) atoms. The number of nitrogens with one attached hydrogen (secondary N) is 1. The summed E-state index contributed by atoms with van der Waals surface area (Å²) in [6, 6.07) is 13.8. The van der Waals surface area contributed by atoms with Crippen molar-refractivity contribution in [1.82, 2.24) is 24.9 Å². The molecule has 4 aromatic rings. The Labute approximate surface area is 178 Å². The van der Waals surface area contributed by atoms with Crippen molar-refractivity contribution in [1.29, 1.82) is 0 Å². The summed E-state index contributed by atoms with van der Waals surface area (Å²) in [6.07, 6.45) is 5.72. The first-order valence-corrected chi connectivity index (χ1v) is 10.1. The summed E-state index contributed by atoms with van der Waals surface area (Å²) in [5.41, 5.74) is 2.84. The number of pyridine rings is 1. The van der Waals surface area contributed by atoms with Crippen molar-refractivity contribution in [3.63, 3.8) is 0 Å². The lowest BCUT2D eigenvalue weighted by atomic mass is 10.0. The summed E-state index contributed by atoms with van der Waals surface area (Å²) in [4.78, 5) is 23.4. The van der Waals surface area contributed by atoms with Gasteiger partial charge in [0.05, 0.1) is 6.04 Å². The van der Waals surface area contributed by atoms with Gasteiger partial charge in [-0.15, -0.1) is 5.10 Å². The minimum atomic E-state index is -0.285. The number of nitrogens with zero attached hydrogens (tertiary/aromatic N) is 5. The highest BCUT2D eigenvalue weighted by Crippen LogP contribution is 2.35. The van der Waals surface area contributed by atoms with Crippen LogP contribution in [-0.2, 0) is 0 Å². The van der Waals surface area contributed by atoms with Gasteiger partial charge in [-0.1, -0.05) is 18.2 Å². The molecule has 0 aliphatic carbocycles. The van der Waals surface area contributed by atoms with Gasteiger partial charge in [-0.05, 0) is 54.8 Å². The first kappa shape index (κ1) is 19.2. The summed E-state index contributed by atoms with van der Waals surface area (Å²) < 4.78 is 15.7. The third kappa shape index (κ3) is 3.72. The standard InChI is InChI=1S/C23H21FN6O/c1-15-4-3-9-26-22(15)23(31)27-18-13-19(16-5-2-6-17(24)12-16)29(14-18)21-8-7-20-25-10-11-30(20)28-21/h2-12,18-19H,13-14H2,1H3,(H,27,31)/t18-,19+/m0/s1. The number of halogens is 1. The molecule has 0 bridgehead atoms. The summed E-state index contributed by atoms with van der Waals surface area (Å²) in [5, 5.41) is 7.76. The lowest BCUT2D eigenvalue weighted by molar-refractivity contribution is 0.0934. The molecule has 1 amide bonds. The zero-order valence-corrected chi connectivity index (χ0v) is 16.9. The molecule has 1 aromatic carbocycles. The van der Waals surface area contributed by atoms with Crippen molar-refractivity contribution in [2.45, 2.75) is 25.4 Å². The molecule has 7 nitrogen and oxygen atoms in total. The molecule has 0 saturated carbocycles. The van der Waals surface area contributed by atoms with Crippen molar-refractivity contribution < 1.29 is 9.18 Å². The van der Waals surface area contributed by atoms with Gasteiger partial charge in [-0.2, -0.15) is 0 Å². The SMILES string of the molecule is Cc1cccnc1C(=O)N[C@H]1C[C@H](c2cccc(F)c2)N(c2ccc3nccn3n2)C1. The van der Waals surface area contributed by atoms with E-state index in [9.17, 15) is 9.18 Å². The fourth-order valence-electron chi connectivity index (χ4n) is 4.16. The van der Waals surface area contributed by atoms with Gasteiger partial charge in [0.25, 0.3) is 5.91 Å². The topological polar surface area (TPSA) is 75.4 Å². The predicted molar refractivity (Wildman–Crippen MR) is 114 cm³/mol. The third-order valence-corrected chi connectivity index (χ3v) is 5.63. The summed E-state index contributed by atoms with van der Waals surface area (Å²) in [7, 11) is 0. The van der Waals surface area contributed by atoms with E-state index in [4.69, 9.17) is 0 Å². The molecule has 156 valence electrons. The molecule has 3 aromatic heterocycles. The Kier molecular flexibility index (Phi) is 4.82. The second-order valence-electron chi connectivity index (χ2n) is 7.72. The van der Waals surface area contributed by atoms with Crippen molar-refractivity contribution in [3.05, 3.63) is 89.8 Å². The zero-order chi connectivity index (χ0) is 21.4.